The summed E-state index contributed by atoms with van der Waals surface area (Å²) >= 11 is 0. The lowest BCUT2D eigenvalue weighted by Gasteiger charge is -2.39. The zero-order chi connectivity index (χ0) is 28.4. The van der Waals surface area contributed by atoms with Gasteiger partial charge in [-0.05, 0) is 64.0 Å². The standard InChI is InChI=1S/C31H50N4O3/c1-21(2)27(20-24(7)29(36)32-18-17-25-14-10-9-11-15-25)34(8)31(38)28(22(3)4)33-30(37)26-16-12-13-19-35(26)23(5)6/h9-11,14-15,20-23,26-28H,12-13,16-19H2,1-8H3,(H,32,36)(H,33,37)/t26?,27-,28+/m1/s1. The largest absolute Gasteiger partial charge is 0.352 e. The minimum atomic E-state index is -0.627. The average molecular weight is 527 g/mol. The minimum Gasteiger partial charge on any atom is -0.352 e. The second-order valence-corrected chi connectivity index (χ2v) is 11.6. The number of rotatable bonds is 12. The van der Waals surface area contributed by atoms with Crippen LogP contribution in [0.5, 0.6) is 0 Å². The molecular formula is C31H50N4O3. The number of likely N-dealkylation sites (tertiary alicyclic amines) is 1. The molecule has 0 saturated carbocycles. The van der Waals surface area contributed by atoms with Gasteiger partial charge in [0.1, 0.15) is 6.04 Å². The molecule has 7 heteroatoms. The smallest absolute Gasteiger partial charge is 0.246 e. The summed E-state index contributed by atoms with van der Waals surface area (Å²) in [5, 5.41) is 6.08. The van der Waals surface area contributed by atoms with Crippen LogP contribution in [-0.4, -0.2) is 71.8 Å². The van der Waals surface area contributed by atoms with Gasteiger partial charge in [0.2, 0.25) is 17.7 Å². The Balaban J connectivity index is 2.09. The first-order chi connectivity index (χ1) is 17.9. The maximum atomic E-state index is 13.7. The van der Waals surface area contributed by atoms with Gasteiger partial charge in [0.15, 0.2) is 0 Å². The Morgan fingerprint density at radius 2 is 1.68 bits per heavy atom. The fraction of sp³-hybridized carbons (Fsp3) is 0.645. The van der Waals surface area contributed by atoms with Crippen molar-refractivity contribution in [2.45, 2.75) is 98.3 Å². The van der Waals surface area contributed by atoms with Gasteiger partial charge in [0.05, 0.1) is 12.1 Å². The highest BCUT2D eigenvalue weighted by Gasteiger charge is 2.36. The topological polar surface area (TPSA) is 81.8 Å². The number of hydrogen-bond acceptors (Lipinski definition) is 4. The predicted octanol–water partition coefficient (Wildman–Crippen LogP) is 4.18. The van der Waals surface area contributed by atoms with E-state index in [1.165, 1.54) is 5.56 Å². The van der Waals surface area contributed by atoms with E-state index in [1.54, 1.807) is 18.9 Å². The van der Waals surface area contributed by atoms with Crippen molar-refractivity contribution in [3.05, 3.63) is 47.5 Å². The van der Waals surface area contributed by atoms with E-state index in [9.17, 15) is 14.4 Å². The van der Waals surface area contributed by atoms with Gasteiger partial charge in [-0.2, -0.15) is 0 Å². The van der Waals surface area contributed by atoms with E-state index in [0.29, 0.717) is 12.1 Å². The van der Waals surface area contributed by atoms with Crippen molar-refractivity contribution < 1.29 is 14.4 Å². The molecule has 212 valence electrons. The Labute approximate surface area is 230 Å². The molecule has 0 aromatic heterocycles. The second-order valence-electron chi connectivity index (χ2n) is 11.6. The van der Waals surface area contributed by atoms with Crippen LogP contribution in [0.15, 0.2) is 42.0 Å². The van der Waals surface area contributed by atoms with Gasteiger partial charge in [-0.25, -0.2) is 0 Å². The first-order valence-electron chi connectivity index (χ1n) is 14.3. The summed E-state index contributed by atoms with van der Waals surface area (Å²) in [5.41, 5.74) is 1.75. The molecule has 1 heterocycles. The van der Waals surface area contributed by atoms with Crippen LogP contribution in [0.3, 0.4) is 0 Å². The van der Waals surface area contributed by atoms with Gasteiger partial charge in [-0.15, -0.1) is 0 Å². The van der Waals surface area contributed by atoms with E-state index in [2.05, 4.69) is 29.4 Å². The first-order valence-corrected chi connectivity index (χ1v) is 14.3. The minimum absolute atomic E-state index is 0.0653. The van der Waals surface area contributed by atoms with Crippen molar-refractivity contribution in [1.29, 1.82) is 0 Å². The van der Waals surface area contributed by atoms with Gasteiger partial charge in [-0.3, -0.25) is 19.3 Å². The summed E-state index contributed by atoms with van der Waals surface area (Å²) in [6.45, 7) is 15.5. The highest BCUT2D eigenvalue weighted by Crippen LogP contribution is 2.21. The second kappa shape index (κ2) is 15.1. The van der Waals surface area contributed by atoms with Crippen LogP contribution in [0.1, 0.15) is 73.3 Å². The van der Waals surface area contributed by atoms with E-state index in [1.807, 2.05) is 64.1 Å². The van der Waals surface area contributed by atoms with E-state index in [0.717, 1.165) is 32.2 Å². The third-order valence-corrected chi connectivity index (χ3v) is 7.54. The Morgan fingerprint density at radius 3 is 2.26 bits per heavy atom. The molecule has 0 spiro atoms. The van der Waals surface area contributed by atoms with Crippen molar-refractivity contribution in [1.82, 2.24) is 20.4 Å². The van der Waals surface area contributed by atoms with Crippen LogP contribution in [0.4, 0.5) is 0 Å². The summed E-state index contributed by atoms with van der Waals surface area (Å²) in [6, 6.07) is 9.22. The number of likely N-dealkylation sites (N-methyl/N-ethyl adjacent to an activating group) is 1. The molecule has 1 aliphatic heterocycles. The van der Waals surface area contributed by atoms with Crippen LogP contribution in [0.25, 0.3) is 0 Å². The number of nitrogens with one attached hydrogen (secondary N) is 2. The molecule has 3 amide bonds. The van der Waals surface area contributed by atoms with Gasteiger partial charge in [0, 0.05) is 25.2 Å². The third kappa shape index (κ3) is 8.97. The van der Waals surface area contributed by atoms with E-state index in [-0.39, 0.29) is 47.7 Å². The molecule has 0 bridgehead atoms. The molecule has 0 aliphatic carbocycles. The zero-order valence-electron chi connectivity index (χ0n) is 24.8. The maximum Gasteiger partial charge on any atom is 0.246 e. The summed E-state index contributed by atoms with van der Waals surface area (Å²) in [4.78, 5) is 43.8. The van der Waals surface area contributed by atoms with Crippen molar-refractivity contribution in [3.8, 4) is 0 Å². The van der Waals surface area contributed by atoms with Crippen molar-refractivity contribution in [2.75, 3.05) is 20.1 Å². The lowest BCUT2D eigenvalue weighted by molar-refractivity contribution is -0.140. The van der Waals surface area contributed by atoms with Gasteiger partial charge in [0.25, 0.3) is 0 Å². The number of hydrogen-bond donors (Lipinski definition) is 2. The molecular weight excluding hydrogens is 476 g/mol. The summed E-state index contributed by atoms with van der Waals surface area (Å²) in [6.07, 6.45) is 5.57. The number of nitrogens with zero attached hydrogens (tertiary/aromatic N) is 2. The Kier molecular flexibility index (Phi) is 12.5. The summed E-state index contributed by atoms with van der Waals surface area (Å²) in [7, 11) is 1.77. The number of benzene rings is 1. The lowest BCUT2D eigenvalue weighted by atomic mass is 9.95. The quantitative estimate of drug-likeness (QED) is 0.401. The Hall–Kier alpha value is -2.67. The molecule has 1 fully saturated rings. The van der Waals surface area contributed by atoms with Gasteiger partial charge >= 0.3 is 0 Å². The molecule has 2 rings (SSSR count). The highest BCUT2D eigenvalue weighted by molar-refractivity contribution is 5.93. The molecule has 1 unspecified atom stereocenters. The summed E-state index contributed by atoms with van der Waals surface area (Å²) < 4.78 is 0. The molecule has 7 nitrogen and oxygen atoms in total. The average Bonchev–Trinajstić information content (AvgIpc) is 2.89. The van der Waals surface area contributed by atoms with E-state index < -0.39 is 6.04 Å². The SMILES string of the molecule is CC(=C[C@H](C(C)C)N(C)C(=O)[C@@H](NC(=O)C1CCCCN1C(C)C)C(C)C)C(=O)NCCc1ccccc1. The van der Waals surface area contributed by atoms with Crippen LogP contribution in [0.2, 0.25) is 0 Å². The molecule has 1 aliphatic rings. The number of carbonyl (C=O) groups is 3. The molecule has 1 aromatic rings. The van der Waals surface area contributed by atoms with Crippen molar-refractivity contribution in [3.63, 3.8) is 0 Å². The molecule has 3 atom stereocenters. The fourth-order valence-corrected chi connectivity index (χ4v) is 5.17. The normalized spacial score (nSPS) is 18.4. The number of piperidine rings is 1. The molecule has 1 saturated heterocycles. The monoisotopic (exact) mass is 526 g/mol. The number of carbonyl (C=O) groups excluding carboxylic acids is 3. The first kappa shape index (κ1) is 31.5. The molecule has 0 radical (unpaired) electrons. The van der Waals surface area contributed by atoms with Crippen LogP contribution >= 0.6 is 0 Å². The van der Waals surface area contributed by atoms with Gasteiger partial charge < -0.3 is 15.5 Å². The molecule has 2 N–H and O–H groups in total. The Bertz CT molecular complexity index is 942. The van der Waals surface area contributed by atoms with E-state index >= 15 is 0 Å². The zero-order valence-corrected chi connectivity index (χ0v) is 24.8. The van der Waals surface area contributed by atoms with Crippen molar-refractivity contribution in [2.24, 2.45) is 11.8 Å². The lowest BCUT2D eigenvalue weighted by Crippen LogP contribution is -2.58. The Morgan fingerprint density at radius 1 is 1.03 bits per heavy atom. The van der Waals surface area contributed by atoms with Crippen LogP contribution in [0, 0.1) is 11.8 Å². The van der Waals surface area contributed by atoms with E-state index in [4.69, 9.17) is 0 Å². The maximum absolute atomic E-state index is 13.7. The van der Waals surface area contributed by atoms with Crippen LogP contribution < -0.4 is 10.6 Å². The third-order valence-electron chi connectivity index (χ3n) is 7.54. The van der Waals surface area contributed by atoms with Crippen molar-refractivity contribution >= 4 is 17.7 Å². The molecule has 1 aromatic carbocycles. The molecule has 38 heavy (non-hydrogen) atoms. The highest BCUT2D eigenvalue weighted by atomic mass is 16.2. The predicted molar refractivity (Wildman–Crippen MR) is 155 cm³/mol. The fourth-order valence-electron chi connectivity index (χ4n) is 5.17. The number of amides is 3. The van der Waals surface area contributed by atoms with Gasteiger partial charge in [-0.1, -0.05) is 70.5 Å². The van der Waals surface area contributed by atoms with Crippen LogP contribution in [-0.2, 0) is 20.8 Å². The summed E-state index contributed by atoms with van der Waals surface area (Å²) in [5.74, 6) is -0.303.